The predicted octanol–water partition coefficient (Wildman–Crippen LogP) is 1.19. The van der Waals surface area contributed by atoms with E-state index in [0.29, 0.717) is 5.92 Å². The number of aliphatic hydroxyl groups is 1. The fourth-order valence-corrected chi connectivity index (χ4v) is 2.47. The van der Waals surface area contributed by atoms with Crippen LogP contribution >= 0.6 is 0 Å². The number of fused-ring (bicyclic) bond motifs is 3. The Morgan fingerprint density at radius 2 is 1.90 bits per heavy atom. The highest BCUT2D eigenvalue weighted by molar-refractivity contribution is 5.17. The Kier molecular flexibility index (Phi) is 0.791. The lowest BCUT2D eigenvalue weighted by Crippen LogP contribution is -2.05. The van der Waals surface area contributed by atoms with E-state index in [4.69, 9.17) is 0 Å². The second-order valence-corrected chi connectivity index (χ2v) is 4.00. The topological polar surface area (TPSA) is 20.2 Å². The molecule has 0 aromatic rings. The van der Waals surface area contributed by atoms with Crippen LogP contribution in [-0.4, -0.2) is 11.2 Å². The van der Waals surface area contributed by atoms with Gasteiger partial charge in [0, 0.05) is 0 Å². The van der Waals surface area contributed by atoms with Crippen molar-refractivity contribution in [2.24, 2.45) is 23.7 Å². The minimum Gasteiger partial charge on any atom is -0.389 e. The molecule has 2 saturated carbocycles. The highest BCUT2D eigenvalue weighted by Gasteiger charge is 2.55. The first-order valence-electron chi connectivity index (χ1n) is 4.22. The van der Waals surface area contributed by atoms with E-state index in [2.05, 4.69) is 6.08 Å². The standard InChI is InChI=1S/C9H12O/c10-9-2-1-5-3-6(5)7-4-8(7)9/h1-2,5-10H,3-4H2/t5?,6?,7?,8?,9-/m0/s1. The number of aliphatic hydroxyl groups excluding tert-OH is 1. The molecule has 3 aliphatic carbocycles. The van der Waals surface area contributed by atoms with E-state index in [9.17, 15) is 5.11 Å². The average molecular weight is 136 g/mol. The van der Waals surface area contributed by atoms with Crippen molar-refractivity contribution in [3.63, 3.8) is 0 Å². The molecule has 0 aliphatic heterocycles. The molecule has 1 N–H and O–H groups in total. The third kappa shape index (κ3) is 0.567. The van der Waals surface area contributed by atoms with E-state index in [0.717, 1.165) is 17.8 Å². The lowest BCUT2D eigenvalue weighted by Gasteiger charge is -2.00. The van der Waals surface area contributed by atoms with E-state index in [1.807, 2.05) is 6.08 Å². The summed E-state index contributed by atoms with van der Waals surface area (Å²) in [6.45, 7) is 0. The Morgan fingerprint density at radius 3 is 2.80 bits per heavy atom. The van der Waals surface area contributed by atoms with Gasteiger partial charge in [-0.2, -0.15) is 0 Å². The maximum atomic E-state index is 9.45. The van der Waals surface area contributed by atoms with Crippen LogP contribution in [0.4, 0.5) is 0 Å². The fourth-order valence-electron chi connectivity index (χ4n) is 2.47. The summed E-state index contributed by atoms with van der Waals surface area (Å²) in [5.74, 6) is 3.37. The van der Waals surface area contributed by atoms with Crippen molar-refractivity contribution in [1.29, 1.82) is 0 Å². The van der Waals surface area contributed by atoms with Gasteiger partial charge in [-0.1, -0.05) is 12.2 Å². The molecule has 0 amide bonds. The molecule has 1 nitrogen and oxygen atoms in total. The van der Waals surface area contributed by atoms with Gasteiger partial charge in [0.25, 0.3) is 0 Å². The first kappa shape index (κ1) is 5.36. The third-order valence-electron chi connectivity index (χ3n) is 3.33. The van der Waals surface area contributed by atoms with Gasteiger partial charge in [-0.05, 0) is 36.5 Å². The summed E-state index contributed by atoms with van der Waals surface area (Å²) in [6.07, 6.45) is 6.85. The highest BCUT2D eigenvalue weighted by atomic mass is 16.3. The molecule has 1 heteroatoms. The molecule has 5 atom stereocenters. The van der Waals surface area contributed by atoms with Crippen molar-refractivity contribution in [2.75, 3.05) is 0 Å². The number of hydrogen-bond donors (Lipinski definition) is 1. The van der Waals surface area contributed by atoms with Crippen LogP contribution in [0.3, 0.4) is 0 Å². The maximum absolute atomic E-state index is 9.45. The number of rotatable bonds is 0. The molecule has 0 aromatic carbocycles. The average Bonchev–Trinajstić information content (AvgIpc) is 2.71. The van der Waals surface area contributed by atoms with E-state index in [-0.39, 0.29) is 6.10 Å². The smallest absolute Gasteiger partial charge is 0.0752 e. The van der Waals surface area contributed by atoms with E-state index in [1.165, 1.54) is 12.8 Å². The summed E-state index contributed by atoms with van der Waals surface area (Å²) in [4.78, 5) is 0. The summed E-state index contributed by atoms with van der Waals surface area (Å²) in [5.41, 5.74) is 0. The van der Waals surface area contributed by atoms with Gasteiger partial charge in [0.05, 0.1) is 6.10 Å². The molecule has 0 bridgehead atoms. The molecule has 4 unspecified atom stereocenters. The van der Waals surface area contributed by atoms with Crippen molar-refractivity contribution in [3.8, 4) is 0 Å². The lowest BCUT2D eigenvalue weighted by molar-refractivity contribution is 0.192. The van der Waals surface area contributed by atoms with Gasteiger partial charge in [-0.15, -0.1) is 0 Å². The maximum Gasteiger partial charge on any atom is 0.0752 e. The van der Waals surface area contributed by atoms with Crippen molar-refractivity contribution in [1.82, 2.24) is 0 Å². The first-order chi connectivity index (χ1) is 4.86. The highest BCUT2D eigenvalue weighted by Crippen LogP contribution is 2.61. The Balaban J connectivity index is 1.91. The van der Waals surface area contributed by atoms with Crippen molar-refractivity contribution < 1.29 is 5.11 Å². The van der Waals surface area contributed by atoms with E-state index < -0.39 is 0 Å². The third-order valence-corrected chi connectivity index (χ3v) is 3.33. The molecule has 0 radical (unpaired) electrons. The quantitative estimate of drug-likeness (QED) is 0.496. The Labute approximate surface area is 60.7 Å². The molecular weight excluding hydrogens is 124 g/mol. The van der Waals surface area contributed by atoms with Gasteiger partial charge in [-0.3, -0.25) is 0 Å². The molecule has 3 aliphatic rings. The van der Waals surface area contributed by atoms with Crippen LogP contribution in [0.1, 0.15) is 12.8 Å². The van der Waals surface area contributed by atoms with E-state index >= 15 is 0 Å². The van der Waals surface area contributed by atoms with Crippen LogP contribution in [0.5, 0.6) is 0 Å². The summed E-state index contributed by atoms with van der Waals surface area (Å²) >= 11 is 0. The van der Waals surface area contributed by atoms with Crippen molar-refractivity contribution >= 4 is 0 Å². The molecule has 0 aromatic heterocycles. The Morgan fingerprint density at radius 1 is 1.00 bits per heavy atom. The monoisotopic (exact) mass is 136 g/mol. The van der Waals surface area contributed by atoms with Crippen LogP contribution in [-0.2, 0) is 0 Å². The normalized spacial score (nSPS) is 62.3. The summed E-state index contributed by atoms with van der Waals surface area (Å²) in [5, 5.41) is 9.45. The summed E-state index contributed by atoms with van der Waals surface area (Å²) < 4.78 is 0. The SMILES string of the molecule is O[C@H]1C=CC2CC2C2CC21. The zero-order valence-electron chi connectivity index (χ0n) is 5.90. The number of hydrogen-bond acceptors (Lipinski definition) is 1. The lowest BCUT2D eigenvalue weighted by atomic mass is 10.1. The van der Waals surface area contributed by atoms with Crippen LogP contribution in [0.15, 0.2) is 12.2 Å². The molecule has 0 saturated heterocycles. The molecule has 0 spiro atoms. The van der Waals surface area contributed by atoms with Gasteiger partial charge in [0.2, 0.25) is 0 Å². The Bertz CT molecular complexity index is 197. The molecule has 54 valence electrons. The van der Waals surface area contributed by atoms with E-state index in [1.54, 1.807) is 0 Å². The predicted molar refractivity (Wildman–Crippen MR) is 38.3 cm³/mol. The minimum absolute atomic E-state index is 0.0993. The Hall–Kier alpha value is -0.300. The zero-order valence-corrected chi connectivity index (χ0v) is 5.90. The molecule has 3 rings (SSSR count). The van der Waals surface area contributed by atoms with Gasteiger partial charge < -0.3 is 5.11 Å². The zero-order chi connectivity index (χ0) is 6.72. The first-order valence-corrected chi connectivity index (χ1v) is 4.22. The second-order valence-electron chi connectivity index (χ2n) is 4.00. The largest absolute Gasteiger partial charge is 0.389 e. The van der Waals surface area contributed by atoms with Crippen LogP contribution in [0, 0.1) is 23.7 Å². The molecule has 0 heterocycles. The second kappa shape index (κ2) is 1.48. The number of allylic oxidation sites excluding steroid dienone is 1. The van der Waals surface area contributed by atoms with Crippen molar-refractivity contribution in [2.45, 2.75) is 18.9 Å². The van der Waals surface area contributed by atoms with Gasteiger partial charge in [0.1, 0.15) is 0 Å². The van der Waals surface area contributed by atoms with Crippen LogP contribution in [0.2, 0.25) is 0 Å². The molecular formula is C9H12O. The van der Waals surface area contributed by atoms with Gasteiger partial charge in [-0.25, -0.2) is 0 Å². The van der Waals surface area contributed by atoms with Gasteiger partial charge in [0.15, 0.2) is 0 Å². The molecule has 10 heavy (non-hydrogen) atoms. The summed E-state index contributed by atoms with van der Waals surface area (Å²) in [6, 6.07) is 0. The van der Waals surface area contributed by atoms with Gasteiger partial charge >= 0.3 is 0 Å². The minimum atomic E-state index is -0.0993. The van der Waals surface area contributed by atoms with Crippen molar-refractivity contribution in [3.05, 3.63) is 12.2 Å². The fraction of sp³-hybridized carbons (Fsp3) is 0.778. The van der Waals surface area contributed by atoms with Crippen LogP contribution < -0.4 is 0 Å². The molecule has 2 fully saturated rings. The summed E-state index contributed by atoms with van der Waals surface area (Å²) in [7, 11) is 0. The van der Waals surface area contributed by atoms with Crippen LogP contribution in [0.25, 0.3) is 0 Å².